The average Bonchev–Trinajstić information content (AvgIpc) is 2.85. The van der Waals surface area contributed by atoms with Gasteiger partial charge in [-0.05, 0) is 60.5 Å². The predicted molar refractivity (Wildman–Crippen MR) is 133 cm³/mol. The van der Waals surface area contributed by atoms with Crippen LogP contribution in [0.25, 0.3) is 0 Å². The molecule has 0 aliphatic carbocycles. The Bertz CT molecular complexity index is 1350. The van der Waals surface area contributed by atoms with E-state index in [1.807, 2.05) is 5.43 Å². The molecule has 3 aromatic rings. The summed E-state index contributed by atoms with van der Waals surface area (Å²) in [5.74, 6) is -2.44. The van der Waals surface area contributed by atoms with Crippen molar-refractivity contribution in [2.75, 3.05) is 17.2 Å². The van der Waals surface area contributed by atoms with Gasteiger partial charge in [0.2, 0.25) is 0 Å². The van der Waals surface area contributed by atoms with Crippen LogP contribution >= 0.6 is 11.6 Å². The van der Waals surface area contributed by atoms with Gasteiger partial charge in [0.05, 0.1) is 11.8 Å². The van der Waals surface area contributed by atoms with Gasteiger partial charge in [-0.15, -0.1) is 0 Å². The number of anilines is 2. The number of nitrogens with zero attached hydrogens (tertiary/aromatic N) is 1. The number of carbonyl (C=O) groups excluding carboxylic acids is 3. The zero-order chi connectivity index (χ0) is 27.0. The number of carbonyl (C=O) groups is 3. The maximum absolute atomic E-state index is 12.8. The Morgan fingerprint density at radius 1 is 0.973 bits per heavy atom. The van der Waals surface area contributed by atoms with Gasteiger partial charge in [-0.1, -0.05) is 35.9 Å². The molecule has 0 fully saturated rings. The molecule has 8 nitrogen and oxygen atoms in total. The highest BCUT2D eigenvalue weighted by Crippen LogP contribution is 2.30. The lowest BCUT2D eigenvalue weighted by molar-refractivity contribution is -0.137. The molecule has 0 bridgehead atoms. The summed E-state index contributed by atoms with van der Waals surface area (Å²) in [6.07, 6.45) is -3.37. The maximum Gasteiger partial charge on any atom is 0.416 e. The van der Waals surface area contributed by atoms with Crippen LogP contribution < -0.4 is 20.8 Å². The molecule has 12 heteroatoms. The van der Waals surface area contributed by atoms with Gasteiger partial charge in [0.1, 0.15) is 5.75 Å². The highest BCUT2D eigenvalue weighted by molar-refractivity contribution is 6.39. The van der Waals surface area contributed by atoms with Gasteiger partial charge in [-0.2, -0.15) is 18.3 Å². The topological polar surface area (TPSA) is 109 Å². The van der Waals surface area contributed by atoms with Crippen LogP contribution in [0.15, 0.2) is 71.8 Å². The highest BCUT2D eigenvalue weighted by Gasteiger charge is 2.30. The molecule has 0 saturated heterocycles. The van der Waals surface area contributed by atoms with Crippen LogP contribution in [0.3, 0.4) is 0 Å². The summed E-state index contributed by atoms with van der Waals surface area (Å²) in [4.78, 5) is 36.1. The lowest BCUT2D eigenvalue weighted by Crippen LogP contribution is -2.32. The van der Waals surface area contributed by atoms with Crippen molar-refractivity contribution in [2.24, 2.45) is 5.10 Å². The molecule has 3 N–H and O–H groups in total. The summed E-state index contributed by atoms with van der Waals surface area (Å²) in [7, 11) is 0. The first-order valence-corrected chi connectivity index (χ1v) is 11.0. The third-order valence-electron chi connectivity index (χ3n) is 4.80. The van der Waals surface area contributed by atoms with Crippen molar-refractivity contribution in [1.29, 1.82) is 0 Å². The molecular weight excluding hydrogens is 513 g/mol. The molecule has 3 amide bonds. The largest absolute Gasteiger partial charge is 0.484 e. The van der Waals surface area contributed by atoms with E-state index in [9.17, 15) is 27.6 Å². The predicted octanol–water partition coefficient (Wildman–Crippen LogP) is 4.77. The summed E-state index contributed by atoms with van der Waals surface area (Å²) in [6, 6.07) is 15.4. The van der Waals surface area contributed by atoms with Crippen molar-refractivity contribution in [2.45, 2.75) is 13.1 Å². The van der Waals surface area contributed by atoms with Crippen LogP contribution in [0, 0.1) is 6.92 Å². The van der Waals surface area contributed by atoms with E-state index in [-0.39, 0.29) is 12.3 Å². The molecule has 3 aromatic carbocycles. The van der Waals surface area contributed by atoms with Crippen LogP contribution in [-0.4, -0.2) is 30.5 Å². The molecule has 192 valence electrons. The Labute approximate surface area is 214 Å². The summed E-state index contributed by atoms with van der Waals surface area (Å²) in [5, 5.41) is 8.96. The second kappa shape index (κ2) is 12.0. The number of rotatable bonds is 7. The first kappa shape index (κ1) is 27.2. The van der Waals surface area contributed by atoms with Crippen LogP contribution in [-0.2, 0) is 20.6 Å². The second-order valence-corrected chi connectivity index (χ2v) is 7.96. The van der Waals surface area contributed by atoms with E-state index in [0.29, 0.717) is 28.1 Å². The molecule has 0 aliphatic rings. The van der Waals surface area contributed by atoms with Crippen molar-refractivity contribution in [3.05, 3.63) is 88.4 Å². The number of hydrogen-bond acceptors (Lipinski definition) is 5. The Kier molecular flexibility index (Phi) is 8.86. The minimum absolute atomic E-state index is 0.196. The molecule has 37 heavy (non-hydrogen) atoms. The first-order chi connectivity index (χ1) is 17.5. The monoisotopic (exact) mass is 532 g/mol. The fourth-order valence-corrected chi connectivity index (χ4v) is 3.11. The number of benzene rings is 3. The summed E-state index contributed by atoms with van der Waals surface area (Å²) in [6.45, 7) is 1.49. The number of ether oxygens (including phenoxy) is 1. The molecule has 0 aliphatic heterocycles. The molecule has 0 unspecified atom stereocenters. The molecule has 0 radical (unpaired) electrons. The number of amides is 3. The van der Waals surface area contributed by atoms with Crippen molar-refractivity contribution >= 4 is 46.9 Å². The zero-order valence-electron chi connectivity index (χ0n) is 19.2. The van der Waals surface area contributed by atoms with E-state index in [1.165, 1.54) is 18.3 Å². The van der Waals surface area contributed by atoms with E-state index in [1.54, 1.807) is 43.3 Å². The molecule has 0 saturated carbocycles. The third-order valence-corrected chi connectivity index (χ3v) is 5.21. The van der Waals surface area contributed by atoms with E-state index in [0.717, 1.165) is 17.7 Å². The Balaban J connectivity index is 1.51. The molecule has 0 aromatic heterocycles. The fourth-order valence-electron chi connectivity index (χ4n) is 2.94. The second-order valence-electron chi connectivity index (χ2n) is 7.55. The van der Waals surface area contributed by atoms with Gasteiger partial charge in [-0.3, -0.25) is 14.4 Å². The molecule has 0 spiro atoms. The maximum atomic E-state index is 12.8. The van der Waals surface area contributed by atoms with Gasteiger partial charge in [0.25, 0.3) is 5.91 Å². The van der Waals surface area contributed by atoms with Crippen LogP contribution in [0.5, 0.6) is 5.75 Å². The third kappa shape index (κ3) is 8.07. The molecular formula is C25H20ClF3N4O4. The van der Waals surface area contributed by atoms with Gasteiger partial charge in [0.15, 0.2) is 6.61 Å². The molecule has 0 heterocycles. The number of nitrogens with one attached hydrogen (secondary N) is 3. The first-order valence-electron chi connectivity index (χ1n) is 10.6. The fraction of sp³-hybridized carbons (Fsp3) is 0.120. The average molecular weight is 533 g/mol. The van der Waals surface area contributed by atoms with Crippen LogP contribution in [0.2, 0.25) is 5.02 Å². The lowest BCUT2D eigenvalue weighted by atomic mass is 10.2. The summed E-state index contributed by atoms with van der Waals surface area (Å²) >= 11 is 6.04. The molecule has 0 atom stereocenters. The quantitative estimate of drug-likeness (QED) is 0.231. The summed E-state index contributed by atoms with van der Waals surface area (Å²) < 4.78 is 43.8. The van der Waals surface area contributed by atoms with Gasteiger partial charge in [0, 0.05) is 16.4 Å². The van der Waals surface area contributed by atoms with Gasteiger partial charge >= 0.3 is 18.0 Å². The lowest BCUT2D eigenvalue weighted by Gasteiger charge is -2.10. The van der Waals surface area contributed by atoms with Gasteiger partial charge < -0.3 is 15.4 Å². The van der Waals surface area contributed by atoms with E-state index >= 15 is 0 Å². The number of alkyl halides is 3. The highest BCUT2D eigenvalue weighted by atomic mass is 35.5. The van der Waals surface area contributed by atoms with E-state index in [4.69, 9.17) is 16.3 Å². The number of halogens is 4. The Morgan fingerprint density at radius 2 is 1.70 bits per heavy atom. The van der Waals surface area contributed by atoms with Crippen molar-refractivity contribution < 1.29 is 32.3 Å². The standard InChI is InChI=1S/C25H20ClF3N4O4/c1-15-20(26)9-4-10-21(15)32-22(34)14-37-19-8-2-5-16(11-19)13-30-33-24(36)23(35)31-18-7-3-6-17(12-18)25(27,28)29/h2-13H,14H2,1H3,(H,31,35)(H,32,34)(H,33,36)/b30-13+. The zero-order valence-corrected chi connectivity index (χ0v) is 20.0. The van der Waals surface area contributed by atoms with Crippen molar-refractivity contribution in [1.82, 2.24) is 5.43 Å². The number of hydrazone groups is 1. The van der Waals surface area contributed by atoms with Crippen LogP contribution in [0.1, 0.15) is 16.7 Å². The van der Waals surface area contributed by atoms with E-state index in [2.05, 4.69) is 15.7 Å². The Morgan fingerprint density at radius 3 is 2.46 bits per heavy atom. The smallest absolute Gasteiger partial charge is 0.416 e. The van der Waals surface area contributed by atoms with E-state index < -0.39 is 29.5 Å². The van der Waals surface area contributed by atoms with Crippen molar-refractivity contribution in [3.63, 3.8) is 0 Å². The van der Waals surface area contributed by atoms with Crippen LogP contribution in [0.4, 0.5) is 24.5 Å². The Hall–Kier alpha value is -4.38. The van der Waals surface area contributed by atoms with Gasteiger partial charge in [-0.25, -0.2) is 5.43 Å². The normalized spacial score (nSPS) is 11.2. The molecule has 3 rings (SSSR count). The minimum atomic E-state index is -4.59. The summed E-state index contributed by atoms with van der Waals surface area (Å²) in [5.41, 5.74) is 2.58. The SMILES string of the molecule is Cc1c(Cl)cccc1NC(=O)COc1cccc(/C=N/NC(=O)C(=O)Nc2cccc(C(F)(F)F)c2)c1. The minimum Gasteiger partial charge on any atom is -0.484 e. The van der Waals surface area contributed by atoms with Crippen molar-refractivity contribution in [3.8, 4) is 5.75 Å². The number of hydrogen-bond donors (Lipinski definition) is 3.